The first-order chi connectivity index (χ1) is 14.6. The van der Waals surface area contributed by atoms with Crippen molar-refractivity contribution in [1.82, 2.24) is 14.8 Å². The maximum Gasteiger partial charge on any atom is 0.258 e. The van der Waals surface area contributed by atoms with Gasteiger partial charge in [0, 0.05) is 44.9 Å². The zero-order valence-electron chi connectivity index (χ0n) is 16.9. The zero-order chi connectivity index (χ0) is 21.3. The number of nitrogens with zero attached hydrogens (tertiary/aromatic N) is 3. The highest BCUT2D eigenvalue weighted by Gasteiger charge is 2.26. The van der Waals surface area contributed by atoms with E-state index in [2.05, 4.69) is 17.5 Å². The Kier molecular flexibility index (Phi) is 7.23. The standard InChI is InChI=1S/C24H25N3O3/c1-3-14-26(15-4-2)24(29)21-9-5-6-10-22(21)30-20-11-16-27(17-12-20)23(28)19-8-7-13-25-18-19/h1,4-10,13,18,20H,2,11-12,14-17H2. The molecule has 0 bridgehead atoms. The van der Waals surface area contributed by atoms with Gasteiger partial charge < -0.3 is 14.5 Å². The number of terminal acetylenes is 1. The summed E-state index contributed by atoms with van der Waals surface area (Å²) in [4.78, 5) is 32.9. The molecule has 2 aromatic rings. The molecule has 0 atom stereocenters. The number of carbonyl (C=O) groups is 2. The first-order valence-corrected chi connectivity index (χ1v) is 9.92. The summed E-state index contributed by atoms with van der Waals surface area (Å²) in [7, 11) is 0. The average Bonchev–Trinajstić information content (AvgIpc) is 2.79. The van der Waals surface area contributed by atoms with Crippen molar-refractivity contribution < 1.29 is 14.3 Å². The topological polar surface area (TPSA) is 62.7 Å². The van der Waals surface area contributed by atoms with E-state index in [9.17, 15) is 9.59 Å². The molecule has 6 heteroatoms. The SMILES string of the molecule is C#CCN(CC=C)C(=O)c1ccccc1OC1CCN(C(=O)c2cccnc2)CC1. The summed E-state index contributed by atoms with van der Waals surface area (Å²) in [5.41, 5.74) is 1.06. The summed E-state index contributed by atoms with van der Waals surface area (Å²) in [5.74, 6) is 2.83. The lowest BCUT2D eigenvalue weighted by Crippen LogP contribution is -2.42. The van der Waals surface area contributed by atoms with E-state index in [0.29, 0.717) is 49.4 Å². The number of ether oxygens (including phenoxy) is 1. The minimum Gasteiger partial charge on any atom is -0.489 e. The van der Waals surface area contributed by atoms with Gasteiger partial charge >= 0.3 is 0 Å². The third-order valence-electron chi connectivity index (χ3n) is 4.97. The molecule has 0 saturated carbocycles. The quantitative estimate of drug-likeness (QED) is 0.527. The lowest BCUT2D eigenvalue weighted by molar-refractivity contribution is 0.0591. The Labute approximate surface area is 177 Å². The number of para-hydroxylation sites is 1. The van der Waals surface area contributed by atoms with E-state index >= 15 is 0 Å². The van der Waals surface area contributed by atoms with Crippen LogP contribution >= 0.6 is 0 Å². The third kappa shape index (κ3) is 5.06. The van der Waals surface area contributed by atoms with Crippen molar-refractivity contribution in [2.24, 2.45) is 0 Å². The minimum absolute atomic E-state index is 0.0218. The van der Waals surface area contributed by atoms with Gasteiger partial charge in [0.05, 0.1) is 17.7 Å². The molecule has 1 saturated heterocycles. The summed E-state index contributed by atoms with van der Waals surface area (Å²) in [6.07, 6.45) is 11.6. The summed E-state index contributed by atoms with van der Waals surface area (Å²) in [6, 6.07) is 10.7. The molecule has 6 nitrogen and oxygen atoms in total. The van der Waals surface area contributed by atoms with E-state index in [1.807, 2.05) is 11.0 Å². The van der Waals surface area contributed by atoms with Gasteiger partial charge in [-0.15, -0.1) is 13.0 Å². The number of pyridine rings is 1. The van der Waals surface area contributed by atoms with Crippen molar-refractivity contribution in [2.45, 2.75) is 18.9 Å². The van der Waals surface area contributed by atoms with Crippen LogP contribution in [0.15, 0.2) is 61.4 Å². The van der Waals surface area contributed by atoms with Crippen LogP contribution < -0.4 is 4.74 Å². The molecule has 1 aliphatic heterocycles. The van der Waals surface area contributed by atoms with E-state index in [1.165, 1.54) is 0 Å². The predicted octanol–water partition coefficient (Wildman–Crippen LogP) is 3.03. The van der Waals surface area contributed by atoms with Crippen LogP contribution in [0.3, 0.4) is 0 Å². The minimum atomic E-state index is -0.187. The van der Waals surface area contributed by atoms with Gasteiger partial charge in [0.25, 0.3) is 11.8 Å². The maximum absolute atomic E-state index is 12.9. The maximum atomic E-state index is 12.9. The van der Waals surface area contributed by atoms with E-state index in [-0.39, 0.29) is 24.5 Å². The third-order valence-corrected chi connectivity index (χ3v) is 4.97. The summed E-state index contributed by atoms with van der Waals surface area (Å²) >= 11 is 0. The normalized spacial score (nSPS) is 13.9. The van der Waals surface area contributed by atoms with Crippen LogP contribution in [0.1, 0.15) is 33.6 Å². The molecule has 1 aromatic carbocycles. The zero-order valence-corrected chi connectivity index (χ0v) is 16.9. The van der Waals surface area contributed by atoms with Crippen LogP contribution in [-0.4, -0.2) is 58.9 Å². The van der Waals surface area contributed by atoms with Crippen LogP contribution in [0.5, 0.6) is 5.75 Å². The van der Waals surface area contributed by atoms with Crippen LogP contribution in [0, 0.1) is 12.3 Å². The van der Waals surface area contributed by atoms with Crippen molar-refractivity contribution in [3.8, 4) is 18.1 Å². The van der Waals surface area contributed by atoms with Crippen molar-refractivity contribution in [1.29, 1.82) is 0 Å². The molecule has 0 N–H and O–H groups in total. The highest BCUT2D eigenvalue weighted by Crippen LogP contribution is 2.25. The van der Waals surface area contributed by atoms with Gasteiger partial charge in [0.1, 0.15) is 11.9 Å². The number of carbonyl (C=O) groups excluding carboxylic acids is 2. The van der Waals surface area contributed by atoms with Gasteiger partial charge in [0.15, 0.2) is 0 Å². The van der Waals surface area contributed by atoms with Crippen LogP contribution in [0.2, 0.25) is 0 Å². The van der Waals surface area contributed by atoms with Crippen molar-refractivity contribution in [2.75, 3.05) is 26.2 Å². The second kappa shape index (κ2) is 10.3. The second-order valence-electron chi connectivity index (χ2n) is 7.03. The van der Waals surface area contributed by atoms with E-state index in [0.717, 1.165) is 0 Å². The Bertz CT molecular complexity index is 928. The Morgan fingerprint density at radius 3 is 2.70 bits per heavy atom. The number of hydrogen-bond donors (Lipinski definition) is 0. The van der Waals surface area contributed by atoms with Crippen LogP contribution in [-0.2, 0) is 0 Å². The van der Waals surface area contributed by atoms with E-state index in [4.69, 9.17) is 11.2 Å². The van der Waals surface area contributed by atoms with Gasteiger partial charge in [-0.1, -0.05) is 24.1 Å². The predicted molar refractivity (Wildman–Crippen MR) is 115 cm³/mol. The molecule has 0 radical (unpaired) electrons. The van der Waals surface area contributed by atoms with E-state index < -0.39 is 0 Å². The van der Waals surface area contributed by atoms with Gasteiger partial charge in [-0.05, 0) is 24.3 Å². The van der Waals surface area contributed by atoms with Gasteiger partial charge in [0.2, 0.25) is 0 Å². The number of piperidine rings is 1. The number of benzene rings is 1. The molecular formula is C24H25N3O3. The molecule has 0 spiro atoms. The van der Waals surface area contributed by atoms with Gasteiger partial charge in [-0.3, -0.25) is 14.6 Å². The molecule has 30 heavy (non-hydrogen) atoms. The molecule has 154 valence electrons. The molecule has 1 aliphatic rings. The fourth-order valence-corrected chi connectivity index (χ4v) is 3.43. The second-order valence-corrected chi connectivity index (χ2v) is 7.03. The molecule has 2 heterocycles. The van der Waals surface area contributed by atoms with Crippen molar-refractivity contribution in [3.05, 3.63) is 72.6 Å². The number of aromatic nitrogens is 1. The monoisotopic (exact) mass is 403 g/mol. The highest BCUT2D eigenvalue weighted by molar-refractivity contribution is 5.97. The molecule has 1 fully saturated rings. The van der Waals surface area contributed by atoms with E-state index in [1.54, 1.807) is 53.7 Å². The largest absolute Gasteiger partial charge is 0.489 e. The van der Waals surface area contributed by atoms with Gasteiger partial charge in [-0.2, -0.15) is 0 Å². The van der Waals surface area contributed by atoms with Crippen LogP contribution in [0.25, 0.3) is 0 Å². The Balaban J connectivity index is 1.64. The fraction of sp³-hybridized carbons (Fsp3) is 0.292. The fourth-order valence-electron chi connectivity index (χ4n) is 3.43. The van der Waals surface area contributed by atoms with Gasteiger partial charge in [-0.25, -0.2) is 0 Å². The molecule has 0 unspecified atom stereocenters. The number of rotatable bonds is 7. The van der Waals surface area contributed by atoms with Crippen molar-refractivity contribution in [3.63, 3.8) is 0 Å². The molecular weight excluding hydrogens is 378 g/mol. The van der Waals surface area contributed by atoms with Crippen molar-refractivity contribution >= 4 is 11.8 Å². The first-order valence-electron chi connectivity index (χ1n) is 9.92. The first kappa shape index (κ1) is 21.1. The Morgan fingerprint density at radius 1 is 1.27 bits per heavy atom. The number of likely N-dealkylation sites (tertiary alicyclic amines) is 1. The summed E-state index contributed by atoms with van der Waals surface area (Å²) in [6.45, 7) is 5.44. The Morgan fingerprint density at radius 2 is 2.03 bits per heavy atom. The lowest BCUT2D eigenvalue weighted by atomic mass is 10.1. The molecule has 3 rings (SSSR count). The summed E-state index contributed by atoms with van der Waals surface area (Å²) in [5, 5.41) is 0. The number of amides is 2. The smallest absolute Gasteiger partial charge is 0.258 e. The lowest BCUT2D eigenvalue weighted by Gasteiger charge is -2.32. The molecule has 2 amide bonds. The molecule has 1 aromatic heterocycles. The van der Waals surface area contributed by atoms with Crippen LogP contribution in [0.4, 0.5) is 0 Å². The Hall–Kier alpha value is -3.59. The molecule has 0 aliphatic carbocycles. The highest BCUT2D eigenvalue weighted by atomic mass is 16.5. The number of hydrogen-bond acceptors (Lipinski definition) is 4. The summed E-state index contributed by atoms with van der Waals surface area (Å²) < 4.78 is 6.17. The average molecular weight is 403 g/mol.